The smallest absolute Gasteiger partial charge is 0.0467 e. The van der Waals surface area contributed by atoms with Gasteiger partial charge >= 0.3 is 0 Å². The highest BCUT2D eigenvalue weighted by molar-refractivity contribution is 5.79. The fraction of sp³-hybridized carbons (Fsp3) is 0.261. The largest absolute Gasteiger partial charge is 0.355 e. The topological polar surface area (TPSA) is 15.3 Å². The molecule has 0 unspecified atom stereocenters. The number of nitrogens with zero attached hydrogens (tertiary/aromatic N) is 1. The Bertz CT molecular complexity index is 823. The average Bonchev–Trinajstić information content (AvgIpc) is 2.62. The standard InChI is InChI=1S/C23H26N2/c1-18(21-12-5-4-10-20(21)17-25(2)3)9-8-11-19-15-16-24-23-14-7-6-13-22(19)23/h4-7,10,12-14,16,24H,1,8-9,11,17H2,2-3H3. The van der Waals surface area contributed by atoms with Crippen LogP contribution in [0.1, 0.15) is 36.0 Å². The molecule has 1 aliphatic rings. The van der Waals surface area contributed by atoms with Crippen molar-refractivity contribution in [2.24, 2.45) is 0 Å². The summed E-state index contributed by atoms with van der Waals surface area (Å²) < 4.78 is 0. The van der Waals surface area contributed by atoms with E-state index < -0.39 is 0 Å². The SMILES string of the molecule is C=C(CCCC1=C=CNc2ccccc21)c1ccccc1CN(C)C. The van der Waals surface area contributed by atoms with Gasteiger partial charge in [0, 0.05) is 29.6 Å². The molecule has 128 valence electrons. The Labute approximate surface area is 151 Å². The molecule has 0 saturated carbocycles. The first kappa shape index (κ1) is 17.3. The molecule has 2 aromatic carbocycles. The van der Waals surface area contributed by atoms with E-state index in [1.807, 2.05) is 6.20 Å². The highest BCUT2D eigenvalue weighted by atomic mass is 15.0. The monoisotopic (exact) mass is 330 g/mol. The number of para-hydroxylation sites is 1. The molecule has 0 saturated heterocycles. The van der Waals surface area contributed by atoms with Gasteiger partial charge in [0.2, 0.25) is 0 Å². The van der Waals surface area contributed by atoms with Gasteiger partial charge in [0.05, 0.1) is 0 Å². The average molecular weight is 330 g/mol. The molecule has 1 heterocycles. The highest BCUT2D eigenvalue weighted by Gasteiger charge is 2.11. The fourth-order valence-electron chi connectivity index (χ4n) is 3.31. The van der Waals surface area contributed by atoms with E-state index in [0.29, 0.717) is 0 Å². The predicted octanol–water partition coefficient (Wildman–Crippen LogP) is 5.55. The maximum Gasteiger partial charge on any atom is 0.0467 e. The zero-order valence-electron chi connectivity index (χ0n) is 15.2. The van der Waals surface area contributed by atoms with Crippen LogP contribution in [-0.2, 0) is 6.54 Å². The zero-order chi connectivity index (χ0) is 17.6. The summed E-state index contributed by atoms with van der Waals surface area (Å²) in [5.41, 5.74) is 11.0. The number of allylic oxidation sites excluding steroid dienone is 2. The minimum Gasteiger partial charge on any atom is -0.355 e. The molecule has 2 heteroatoms. The van der Waals surface area contributed by atoms with E-state index in [1.165, 1.54) is 33.5 Å². The summed E-state index contributed by atoms with van der Waals surface area (Å²) in [5.74, 6) is 0. The molecule has 1 N–H and O–H groups in total. The Morgan fingerprint density at radius 3 is 2.68 bits per heavy atom. The second-order valence-corrected chi connectivity index (χ2v) is 6.81. The van der Waals surface area contributed by atoms with Crippen molar-refractivity contribution in [2.45, 2.75) is 25.8 Å². The summed E-state index contributed by atoms with van der Waals surface area (Å²) in [7, 11) is 4.21. The molecule has 1 aliphatic heterocycles. The third-order valence-electron chi connectivity index (χ3n) is 4.52. The van der Waals surface area contributed by atoms with Gasteiger partial charge in [0.1, 0.15) is 0 Å². The van der Waals surface area contributed by atoms with Crippen molar-refractivity contribution in [3.05, 3.63) is 83.7 Å². The molecule has 25 heavy (non-hydrogen) atoms. The lowest BCUT2D eigenvalue weighted by Gasteiger charge is -2.17. The van der Waals surface area contributed by atoms with Crippen molar-refractivity contribution < 1.29 is 0 Å². The van der Waals surface area contributed by atoms with E-state index in [1.54, 1.807) is 0 Å². The first-order valence-corrected chi connectivity index (χ1v) is 8.86. The van der Waals surface area contributed by atoms with E-state index in [0.717, 1.165) is 25.8 Å². The third kappa shape index (κ3) is 4.30. The number of anilines is 1. The van der Waals surface area contributed by atoms with Crippen LogP contribution in [0.25, 0.3) is 11.1 Å². The number of nitrogens with one attached hydrogen (secondary N) is 1. The zero-order valence-corrected chi connectivity index (χ0v) is 15.2. The lowest BCUT2D eigenvalue weighted by atomic mass is 9.93. The maximum absolute atomic E-state index is 4.35. The van der Waals surface area contributed by atoms with E-state index in [9.17, 15) is 0 Å². The lowest BCUT2D eigenvalue weighted by Crippen LogP contribution is -2.12. The van der Waals surface area contributed by atoms with Crippen LogP contribution in [0.2, 0.25) is 0 Å². The summed E-state index contributed by atoms with van der Waals surface area (Å²) in [6.45, 7) is 5.30. The van der Waals surface area contributed by atoms with E-state index >= 15 is 0 Å². The van der Waals surface area contributed by atoms with Crippen molar-refractivity contribution in [3.63, 3.8) is 0 Å². The molecule has 0 aromatic heterocycles. The molecule has 0 radical (unpaired) electrons. The third-order valence-corrected chi connectivity index (χ3v) is 4.52. The van der Waals surface area contributed by atoms with Crippen LogP contribution < -0.4 is 5.32 Å². The van der Waals surface area contributed by atoms with Gasteiger partial charge in [0.15, 0.2) is 0 Å². The van der Waals surface area contributed by atoms with E-state index in [-0.39, 0.29) is 0 Å². The number of hydrogen-bond acceptors (Lipinski definition) is 2. The van der Waals surface area contributed by atoms with Gasteiger partial charge in [-0.3, -0.25) is 0 Å². The van der Waals surface area contributed by atoms with Crippen molar-refractivity contribution in [2.75, 3.05) is 19.4 Å². The number of fused-ring (bicyclic) bond motifs is 1. The van der Waals surface area contributed by atoms with Crippen molar-refractivity contribution in [1.29, 1.82) is 0 Å². The van der Waals surface area contributed by atoms with Crippen LogP contribution in [0.3, 0.4) is 0 Å². The quantitative estimate of drug-likeness (QED) is 0.669. The molecule has 0 spiro atoms. The lowest BCUT2D eigenvalue weighted by molar-refractivity contribution is 0.402. The van der Waals surface area contributed by atoms with Crippen LogP contribution in [0.4, 0.5) is 5.69 Å². The molecule has 0 bridgehead atoms. The van der Waals surface area contributed by atoms with Gasteiger partial charge in [-0.25, -0.2) is 0 Å². The van der Waals surface area contributed by atoms with Gasteiger partial charge in [-0.2, -0.15) is 0 Å². The van der Waals surface area contributed by atoms with Gasteiger partial charge in [-0.05, 0) is 56.1 Å². The van der Waals surface area contributed by atoms with Crippen molar-refractivity contribution in [3.8, 4) is 0 Å². The molecule has 0 fully saturated rings. The van der Waals surface area contributed by atoms with E-state index in [4.69, 9.17) is 0 Å². The van der Waals surface area contributed by atoms with Crippen LogP contribution in [0.15, 0.2) is 67.0 Å². The van der Waals surface area contributed by atoms with Gasteiger partial charge in [-0.1, -0.05) is 54.8 Å². The Balaban J connectivity index is 1.64. The molecule has 0 atom stereocenters. The van der Waals surface area contributed by atoms with Gasteiger partial charge in [0.25, 0.3) is 0 Å². The van der Waals surface area contributed by atoms with Crippen molar-refractivity contribution in [1.82, 2.24) is 4.90 Å². The molecular weight excluding hydrogens is 304 g/mol. The number of hydrogen-bond donors (Lipinski definition) is 1. The molecular formula is C23H26N2. The Hall–Kier alpha value is -2.54. The highest BCUT2D eigenvalue weighted by Crippen LogP contribution is 2.31. The first-order valence-electron chi connectivity index (χ1n) is 8.86. The number of rotatable bonds is 7. The van der Waals surface area contributed by atoms with Crippen LogP contribution in [0, 0.1) is 0 Å². The van der Waals surface area contributed by atoms with Gasteiger partial charge < -0.3 is 10.2 Å². The maximum atomic E-state index is 4.35. The molecule has 2 nitrogen and oxygen atoms in total. The molecule has 2 aromatic rings. The second kappa shape index (κ2) is 8.02. The van der Waals surface area contributed by atoms with Crippen LogP contribution >= 0.6 is 0 Å². The second-order valence-electron chi connectivity index (χ2n) is 6.81. The minimum atomic E-state index is 0.947. The summed E-state index contributed by atoms with van der Waals surface area (Å²) in [6, 6.07) is 17.0. The van der Waals surface area contributed by atoms with Gasteiger partial charge in [-0.15, -0.1) is 0 Å². The molecule has 0 amide bonds. The normalized spacial score (nSPS) is 12.5. The minimum absolute atomic E-state index is 0.947. The Morgan fingerprint density at radius 2 is 1.84 bits per heavy atom. The molecule has 0 aliphatic carbocycles. The van der Waals surface area contributed by atoms with Crippen LogP contribution in [-0.4, -0.2) is 19.0 Å². The number of benzene rings is 2. The predicted molar refractivity (Wildman–Crippen MR) is 108 cm³/mol. The summed E-state index contributed by atoms with van der Waals surface area (Å²) in [5, 5.41) is 3.26. The Morgan fingerprint density at radius 1 is 1.08 bits per heavy atom. The summed E-state index contributed by atoms with van der Waals surface area (Å²) in [6.07, 6.45) is 5.02. The molecule has 3 rings (SSSR count). The first-order chi connectivity index (χ1) is 12.1. The summed E-state index contributed by atoms with van der Waals surface area (Å²) >= 11 is 0. The van der Waals surface area contributed by atoms with Crippen LogP contribution in [0.5, 0.6) is 0 Å². The van der Waals surface area contributed by atoms with E-state index in [2.05, 4.69) is 85.2 Å². The summed E-state index contributed by atoms with van der Waals surface area (Å²) in [4.78, 5) is 2.20. The fourth-order valence-corrected chi connectivity index (χ4v) is 3.31. The Kier molecular flexibility index (Phi) is 5.55. The van der Waals surface area contributed by atoms with Crippen molar-refractivity contribution >= 4 is 16.8 Å².